The van der Waals surface area contributed by atoms with E-state index >= 15 is 0 Å². The Balaban J connectivity index is 1.41. The monoisotopic (exact) mass is 486 g/mol. The number of carbonyl (C=O) groups excluding carboxylic acids is 1. The molecular formula is C28H30N4O4. The van der Waals surface area contributed by atoms with E-state index in [-0.39, 0.29) is 24.8 Å². The average Bonchev–Trinajstić information content (AvgIpc) is 3.31. The highest BCUT2D eigenvalue weighted by Gasteiger charge is 2.32. The van der Waals surface area contributed by atoms with E-state index in [1.807, 2.05) is 80.0 Å². The summed E-state index contributed by atoms with van der Waals surface area (Å²) in [5.41, 5.74) is 5.37. The Kier molecular flexibility index (Phi) is 7.27. The lowest BCUT2D eigenvalue weighted by atomic mass is 10.00. The molecule has 1 unspecified atom stereocenters. The van der Waals surface area contributed by atoms with Crippen LogP contribution in [-0.2, 0) is 22.6 Å². The zero-order valence-corrected chi connectivity index (χ0v) is 20.1. The molecule has 4 aromatic rings. The summed E-state index contributed by atoms with van der Waals surface area (Å²) in [6.45, 7) is 3.04. The van der Waals surface area contributed by atoms with E-state index < -0.39 is 6.29 Å². The van der Waals surface area contributed by atoms with Gasteiger partial charge in [0.2, 0.25) is 0 Å². The van der Waals surface area contributed by atoms with E-state index in [1.165, 1.54) is 0 Å². The highest BCUT2D eigenvalue weighted by Crippen LogP contribution is 2.39. The number of urea groups is 1. The van der Waals surface area contributed by atoms with Crippen molar-refractivity contribution in [2.75, 3.05) is 11.9 Å². The van der Waals surface area contributed by atoms with Crippen LogP contribution in [0, 0.1) is 0 Å². The molecule has 1 saturated heterocycles. The highest BCUT2D eigenvalue weighted by molar-refractivity contribution is 5.89. The quantitative estimate of drug-likeness (QED) is 0.345. The molecule has 36 heavy (non-hydrogen) atoms. The Labute approximate surface area is 209 Å². The van der Waals surface area contributed by atoms with Crippen LogP contribution in [0.15, 0.2) is 79.1 Å². The van der Waals surface area contributed by atoms with Gasteiger partial charge in [-0.15, -0.1) is 0 Å². The zero-order chi connectivity index (χ0) is 24.9. The van der Waals surface area contributed by atoms with Crippen LogP contribution in [0.1, 0.15) is 42.4 Å². The summed E-state index contributed by atoms with van der Waals surface area (Å²) in [5, 5.41) is 15.0. The summed E-state index contributed by atoms with van der Waals surface area (Å²) in [5.74, 6) is 0. The smallest absolute Gasteiger partial charge is 0.319 e. The van der Waals surface area contributed by atoms with Gasteiger partial charge in [0.15, 0.2) is 6.29 Å². The van der Waals surface area contributed by atoms with Crippen molar-refractivity contribution in [2.45, 2.75) is 45.0 Å². The van der Waals surface area contributed by atoms with Gasteiger partial charge in [-0.25, -0.2) is 9.78 Å². The molecule has 2 amide bonds. The van der Waals surface area contributed by atoms with Crippen molar-refractivity contribution in [3.05, 3.63) is 95.8 Å². The number of fused-ring (bicyclic) bond motifs is 1. The fraction of sp³-hybridized carbons (Fsp3) is 0.286. The van der Waals surface area contributed by atoms with Crippen LogP contribution >= 0.6 is 0 Å². The van der Waals surface area contributed by atoms with Crippen LogP contribution in [0.3, 0.4) is 0 Å². The zero-order valence-electron chi connectivity index (χ0n) is 20.1. The van der Waals surface area contributed by atoms with Crippen LogP contribution in [0.4, 0.5) is 10.5 Å². The van der Waals surface area contributed by atoms with Crippen LogP contribution in [0.2, 0.25) is 0 Å². The second-order valence-corrected chi connectivity index (χ2v) is 8.85. The molecule has 2 heterocycles. The number of imidazole rings is 1. The molecule has 0 radical (unpaired) electrons. The van der Waals surface area contributed by atoms with E-state index in [9.17, 15) is 9.90 Å². The van der Waals surface area contributed by atoms with Gasteiger partial charge in [-0.3, -0.25) is 0 Å². The Morgan fingerprint density at radius 1 is 1.06 bits per heavy atom. The number of carbonyl (C=O) groups is 1. The van der Waals surface area contributed by atoms with E-state index in [2.05, 4.69) is 26.3 Å². The van der Waals surface area contributed by atoms with Crippen LogP contribution in [-0.4, -0.2) is 33.3 Å². The first-order chi connectivity index (χ1) is 17.6. The van der Waals surface area contributed by atoms with E-state index in [4.69, 9.17) is 9.47 Å². The number of hydrogen-bond acceptors (Lipinski definition) is 5. The predicted octanol–water partition coefficient (Wildman–Crippen LogP) is 4.92. The first kappa shape index (κ1) is 24.0. The number of amides is 2. The summed E-state index contributed by atoms with van der Waals surface area (Å²) in [6.07, 6.45) is 1.57. The number of anilines is 1. The van der Waals surface area contributed by atoms with Crippen LogP contribution < -0.4 is 10.6 Å². The van der Waals surface area contributed by atoms with Crippen molar-refractivity contribution in [3.63, 3.8) is 0 Å². The lowest BCUT2D eigenvalue weighted by Crippen LogP contribution is -2.32. The number of para-hydroxylation sites is 2. The Hall–Kier alpha value is -3.72. The van der Waals surface area contributed by atoms with Gasteiger partial charge in [0.25, 0.3) is 0 Å². The molecule has 186 valence electrons. The Morgan fingerprint density at radius 2 is 1.89 bits per heavy atom. The number of rotatable bonds is 7. The molecule has 8 heteroatoms. The van der Waals surface area contributed by atoms with Gasteiger partial charge in [0.05, 0.1) is 42.7 Å². The maximum atomic E-state index is 12.0. The summed E-state index contributed by atoms with van der Waals surface area (Å²) in [6, 6.07) is 23.1. The fourth-order valence-electron chi connectivity index (χ4n) is 4.51. The molecule has 0 spiro atoms. The number of aliphatic hydroxyl groups excluding tert-OH is 1. The van der Waals surface area contributed by atoms with Gasteiger partial charge < -0.3 is 29.8 Å². The minimum absolute atomic E-state index is 0.000725. The van der Waals surface area contributed by atoms with Crippen molar-refractivity contribution < 1.29 is 19.4 Å². The fourth-order valence-corrected chi connectivity index (χ4v) is 4.51. The molecular weight excluding hydrogens is 456 g/mol. The molecule has 1 aromatic heterocycles. The first-order valence-corrected chi connectivity index (χ1v) is 12.2. The van der Waals surface area contributed by atoms with Crippen LogP contribution in [0.5, 0.6) is 0 Å². The first-order valence-electron chi connectivity index (χ1n) is 12.2. The number of ether oxygens (including phenoxy) is 2. The molecule has 1 aliphatic rings. The Morgan fingerprint density at radius 3 is 2.69 bits per heavy atom. The van der Waals surface area contributed by atoms with E-state index in [0.717, 1.165) is 27.7 Å². The number of aromatic nitrogens is 2. The highest BCUT2D eigenvalue weighted by atomic mass is 16.7. The van der Waals surface area contributed by atoms with Crippen molar-refractivity contribution in [2.24, 2.45) is 0 Å². The number of nitrogens with zero attached hydrogens (tertiary/aromatic N) is 2. The van der Waals surface area contributed by atoms with E-state index in [1.54, 1.807) is 0 Å². The lowest BCUT2D eigenvalue weighted by Gasteiger charge is -2.36. The minimum atomic E-state index is -0.614. The normalized spacial score (nSPS) is 19.8. The molecule has 8 nitrogen and oxygen atoms in total. The molecule has 0 saturated carbocycles. The second kappa shape index (κ2) is 10.9. The summed E-state index contributed by atoms with van der Waals surface area (Å²) in [4.78, 5) is 16.5. The summed E-state index contributed by atoms with van der Waals surface area (Å²) >= 11 is 0. The molecule has 3 aromatic carbocycles. The lowest BCUT2D eigenvalue weighted by molar-refractivity contribution is -0.252. The molecule has 5 rings (SSSR count). The average molecular weight is 487 g/mol. The molecule has 1 aliphatic heterocycles. The largest absolute Gasteiger partial charge is 0.392 e. The number of hydrogen-bond donors (Lipinski definition) is 3. The SMILES string of the molecule is CCNC(=O)Nc1cccc(C2O[C@H](Cn3cnc4ccccc43)C[C@H](c3ccc(CO)cc3)O2)c1. The second-order valence-electron chi connectivity index (χ2n) is 8.85. The molecule has 0 bridgehead atoms. The van der Waals surface area contributed by atoms with Crippen molar-refractivity contribution >= 4 is 22.8 Å². The van der Waals surface area contributed by atoms with Gasteiger partial charge in [0.1, 0.15) is 0 Å². The van der Waals surface area contributed by atoms with Gasteiger partial charge in [-0.1, -0.05) is 48.5 Å². The number of benzene rings is 3. The van der Waals surface area contributed by atoms with Crippen molar-refractivity contribution in [3.8, 4) is 0 Å². The summed E-state index contributed by atoms with van der Waals surface area (Å²) < 4.78 is 15.0. The topological polar surface area (TPSA) is 97.6 Å². The van der Waals surface area contributed by atoms with Gasteiger partial charge in [-0.05, 0) is 42.3 Å². The molecule has 3 N–H and O–H groups in total. The van der Waals surface area contributed by atoms with Gasteiger partial charge >= 0.3 is 6.03 Å². The minimum Gasteiger partial charge on any atom is -0.392 e. The maximum Gasteiger partial charge on any atom is 0.319 e. The molecule has 0 aliphatic carbocycles. The van der Waals surface area contributed by atoms with Crippen LogP contribution in [0.25, 0.3) is 11.0 Å². The summed E-state index contributed by atoms with van der Waals surface area (Å²) in [7, 11) is 0. The number of aliphatic hydroxyl groups is 1. The third-order valence-electron chi connectivity index (χ3n) is 6.30. The van der Waals surface area contributed by atoms with Crippen molar-refractivity contribution in [1.29, 1.82) is 0 Å². The molecule has 3 atom stereocenters. The molecule has 1 fully saturated rings. The van der Waals surface area contributed by atoms with Gasteiger partial charge in [-0.2, -0.15) is 0 Å². The van der Waals surface area contributed by atoms with Gasteiger partial charge in [0, 0.05) is 24.2 Å². The predicted molar refractivity (Wildman–Crippen MR) is 137 cm³/mol. The van der Waals surface area contributed by atoms with Crippen molar-refractivity contribution in [1.82, 2.24) is 14.9 Å². The standard InChI is InChI=1S/C28H30N4O4/c1-2-29-28(34)31-22-7-5-6-21(14-22)27-35-23(16-32-18-30-24-8-3-4-9-25(24)32)15-26(36-27)20-12-10-19(17-33)11-13-20/h3-14,18,23,26-27,33H,2,15-17H2,1H3,(H2,29,31,34)/t23-,26+,27?/m0/s1. The third kappa shape index (κ3) is 5.41. The maximum absolute atomic E-state index is 12.0. The number of nitrogens with one attached hydrogen (secondary N) is 2. The third-order valence-corrected chi connectivity index (χ3v) is 6.30. The van der Waals surface area contributed by atoms with E-state index in [0.29, 0.717) is 25.2 Å². The Bertz CT molecular complexity index is 1320.